The fraction of sp³-hybridized carbons (Fsp3) is 0.280. The normalized spacial score (nSPS) is 17.8. The number of ether oxygens (including phenoxy) is 1. The summed E-state index contributed by atoms with van der Waals surface area (Å²) in [5.74, 6) is -1.16. The van der Waals surface area contributed by atoms with Crippen molar-refractivity contribution >= 4 is 51.4 Å². The predicted octanol–water partition coefficient (Wildman–Crippen LogP) is 4.18. The highest BCUT2D eigenvalue weighted by atomic mass is 79.9. The average molecular weight is 526 g/mol. The van der Waals surface area contributed by atoms with E-state index in [-0.39, 0.29) is 24.1 Å². The van der Waals surface area contributed by atoms with E-state index in [1.54, 1.807) is 18.2 Å². The standard InChI is InChI=1S/C25H24BrN3O5/c1-15-6-9-17(10-7-15)27-22(30)14-34-21-11-8-16(13-20(21)26)12-19-23(31)28-25(33)29(24(19)32)18-4-2-3-5-18/h6-13,18H,2-5,14H2,1H3,(H,27,30)(H,28,31,33)/b19-12+. The minimum Gasteiger partial charge on any atom is -0.483 e. The summed E-state index contributed by atoms with van der Waals surface area (Å²) < 4.78 is 6.15. The smallest absolute Gasteiger partial charge is 0.331 e. The van der Waals surface area contributed by atoms with Crippen LogP contribution < -0.4 is 15.4 Å². The zero-order chi connectivity index (χ0) is 24.2. The zero-order valence-electron chi connectivity index (χ0n) is 18.6. The van der Waals surface area contributed by atoms with Crippen LogP contribution in [0.2, 0.25) is 0 Å². The average Bonchev–Trinajstić information content (AvgIpc) is 3.32. The summed E-state index contributed by atoms with van der Waals surface area (Å²) in [5.41, 5.74) is 2.26. The van der Waals surface area contributed by atoms with Crippen LogP contribution in [-0.2, 0) is 14.4 Å². The number of carbonyl (C=O) groups is 4. The molecule has 8 nitrogen and oxygen atoms in total. The first-order valence-corrected chi connectivity index (χ1v) is 11.8. The maximum Gasteiger partial charge on any atom is 0.331 e. The molecule has 1 saturated carbocycles. The molecule has 5 amide bonds. The molecule has 1 heterocycles. The van der Waals surface area contributed by atoms with Gasteiger partial charge < -0.3 is 10.1 Å². The summed E-state index contributed by atoms with van der Waals surface area (Å²) in [6, 6.07) is 11.6. The molecule has 2 N–H and O–H groups in total. The SMILES string of the molecule is Cc1ccc(NC(=O)COc2ccc(/C=C3\C(=O)NC(=O)N(C4CCCC4)C3=O)cc2Br)cc1. The molecule has 34 heavy (non-hydrogen) atoms. The summed E-state index contributed by atoms with van der Waals surface area (Å²) in [6.07, 6.45) is 4.84. The number of hydrogen-bond donors (Lipinski definition) is 2. The van der Waals surface area contributed by atoms with Crippen molar-refractivity contribution < 1.29 is 23.9 Å². The van der Waals surface area contributed by atoms with E-state index in [0.717, 1.165) is 31.2 Å². The van der Waals surface area contributed by atoms with Gasteiger partial charge in [0.25, 0.3) is 17.7 Å². The molecule has 1 saturated heterocycles. The molecule has 0 aromatic heterocycles. The molecule has 2 fully saturated rings. The van der Waals surface area contributed by atoms with Gasteiger partial charge in [-0.05, 0) is 71.6 Å². The lowest BCUT2D eigenvalue weighted by Gasteiger charge is -2.31. The Labute approximate surface area is 205 Å². The number of amides is 5. The second kappa shape index (κ2) is 10.2. The Balaban J connectivity index is 1.43. The van der Waals surface area contributed by atoms with Crippen LogP contribution in [0.15, 0.2) is 52.5 Å². The van der Waals surface area contributed by atoms with Gasteiger partial charge >= 0.3 is 6.03 Å². The van der Waals surface area contributed by atoms with Gasteiger partial charge in [0, 0.05) is 11.7 Å². The van der Waals surface area contributed by atoms with Crippen LogP contribution in [0.1, 0.15) is 36.8 Å². The van der Waals surface area contributed by atoms with Crippen molar-refractivity contribution in [3.63, 3.8) is 0 Å². The van der Waals surface area contributed by atoms with E-state index in [1.165, 1.54) is 11.0 Å². The van der Waals surface area contributed by atoms with E-state index in [1.807, 2.05) is 31.2 Å². The first kappa shape index (κ1) is 23.7. The van der Waals surface area contributed by atoms with Crippen LogP contribution in [0.3, 0.4) is 0 Å². The van der Waals surface area contributed by atoms with Gasteiger partial charge in [-0.3, -0.25) is 24.6 Å². The highest BCUT2D eigenvalue weighted by molar-refractivity contribution is 9.10. The first-order chi connectivity index (χ1) is 16.3. The van der Waals surface area contributed by atoms with Crippen LogP contribution in [0.25, 0.3) is 6.08 Å². The maximum absolute atomic E-state index is 12.9. The third kappa shape index (κ3) is 5.36. The molecule has 0 spiro atoms. The molecule has 0 atom stereocenters. The number of benzene rings is 2. The zero-order valence-corrected chi connectivity index (χ0v) is 20.2. The number of barbiturate groups is 1. The number of nitrogens with zero attached hydrogens (tertiary/aromatic N) is 1. The van der Waals surface area contributed by atoms with E-state index in [4.69, 9.17) is 4.74 Å². The molecule has 176 valence electrons. The van der Waals surface area contributed by atoms with Crippen molar-refractivity contribution in [2.24, 2.45) is 0 Å². The highest BCUT2D eigenvalue weighted by Gasteiger charge is 2.40. The summed E-state index contributed by atoms with van der Waals surface area (Å²) in [6.45, 7) is 1.78. The largest absolute Gasteiger partial charge is 0.483 e. The monoisotopic (exact) mass is 525 g/mol. The van der Waals surface area contributed by atoms with Gasteiger partial charge in [0.2, 0.25) is 0 Å². The molecule has 2 aromatic carbocycles. The highest BCUT2D eigenvalue weighted by Crippen LogP contribution is 2.29. The van der Waals surface area contributed by atoms with E-state index >= 15 is 0 Å². The summed E-state index contributed by atoms with van der Waals surface area (Å²) >= 11 is 3.41. The van der Waals surface area contributed by atoms with Crippen molar-refractivity contribution in [3.8, 4) is 5.75 Å². The summed E-state index contributed by atoms with van der Waals surface area (Å²) in [5, 5.41) is 5.03. The number of halogens is 1. The topological polar surface area (TPSA) is 105 Å². The molecule has 2 aliphatic rings. The Bertz CT molecular complexity index is 1170. The van der Waals surface area contributed by atoms with Crippen molar-refractivity contribution in [2.45, 2.75) is 38.6 Å². The molecule has 4 rings (SSSR count). The van der Waals surface area contributed by atoms with E-state index in [2.05, 4.69) is 26.6 Å². The second-order valence-electron chi connectivity index (χ2n) is 8.32. The van der Waals surface area contributed by atoms with Gasteiger partial charge in [0.05, 0.1) is 4.47 Å². The van der Waals surface area contributed by atoms with Crippen LogP contribution >= 0.6 is 15.9 Å². The molecule has 0 radical (unpaired) electrons. The predicted molar refractivity (Wildman–Crippen MR) is 130 cm³/mol. The van der Waals surface area contributed by atoms with Gasteiger partial charge in [0.1, 0.15) is 11.3 Å². The second-order valence-corrected chi connectivity index (χ2v) is 9.18. The van der Waals surface area contributed by atoms with Gasteiger partial charge in [0.15, 0.2) is 6.61 Å². The Kier molecular flexibility index (Phi) is 7.12. The lowest BCUT2D eigenvalue weighted by atomic mass is 10.1. The summed E-state index contributed by atoms with van der Waals surface area (Å²) in [4.78, 5) is 50.9. The number of carbonyl (C=O) groups excluding carboxylic acids is 4. The number of hydrogen-bond acceptors (Lipinski definition) is 5. The fourth-order valence-corrected chi connectivity index (χ4v) is 4.54. The third-order valence-corrected chi connectivity index (χ3v) is 6.40. The van der Waals surface area contributed by atoms with Crippen LogP contribution in [0, 0.1) is 6.92 Å². The third-order valence-electron chi connectivity index (χ3n) is 5.78. The lowest BCUT2D eigenvalue weighted by Crippen LogP contribution is -2.57. The Morgan fingerprint density at radius 1 is 1.15 bits per heavy atom. The molecular weight excluding hydrogens is 502 g/mol. The van der Waals surface area contributed by atoms with Gasteiger partial charge in [-0.2, -0.15) is 0 Å². The maximum atomic E-state index is 12.9. The van der Waals surface area contributed by atoms with Crippen molar-refractivity contribution in [2.75, 3.05) is 11.9 Å². The van der Waals surface area contributed by atoms with Crippen LogP contribution in [0.4, 0.5) is 10.5 Å². The van der Waals surface area contributed by atoms with Crippen LogP contribution in [-0.4, -0.2) is 41.3 Å². The van der Waals surface area contributed by atoms with Gasteiger partial charge in [-0.15, -0.1) is 0 Å². The van der Waals surface area contributed by atoms with E-state index in [0.29, 0.717) is 21.5 Å². The first-order valence-electron chi connectivity index (χ1n) is 11.0. The number of imide groups is 2. The molecule has 1 aliphatic heterocycles. The molecule has 0 bridgehead atoms. The van der Waals surface area contributed by atoms with Crippen LogP contribution in [0.5, 0.6) is 5.75 Å². The molecule has 0 unspecified atom stereocenters. The van der Waals surface area contributed by atoms with Gasteiger partial charge in [-0.1, -0.05) is 36.6 Å². The quantitative estimate of drug-likeness (QED) is 0.434. The Morgan fingerprint density at radius 3 is 2.53 bits per heavy atom. The molecule has 1 aliphatic carbocycles. The number of nitrogens with one attached hydrogen (secondary N) is 2. The molecular formula is C25H24BrN3O5. The van der Waals surface area contributed by atoms with Crippen molar-refractivity contribution in [1.29, 1.82) is 0 Å². The minimum atomic E-state index is -0.714. The van der Waals surface area contributed by atoms with E-state index in [9.17, 15) is 19.2 Å². The Morgan fingerprint density at radius 2 is 1.85 bits per heavy atom. The van der Waals surface area contributed by atoms with Gasteiger partial charge in [-0.25, -0.2) is 4.79 Å². The number of aryl methyl sites for hydroxylation is 1. The number of anilines is 1. The Hall–Kier alpha value is -3.46. The lowest BCUT2D eigenvalue weighted by molar-refractivity contribution is -0.131. The molecule has 9 heteroatoms. The van der Waals surface area contributed by atoms with Crippen molar-refractivity contribution in [1.82, 2.24) is 10.2 Å². The minimum absolute atomic E-state index is 0.0930. The van der Waals surface area contributed by atoms with E-state index < -0.39 is 17.8 Å². The number of rotatable bonds is 6. The number of urea groups is 1. The fourth-order valence-electron chi connectivity index (χ4n) is 4.03. The summed E-state index contributed by atoms with van der Waals surface area (Å²) in [7, 11) is 0. The van der Waals surface area contributed by atoms with Crippen molar-refractivity contribution in [3.05, 3.63) is 63.6 Å². The molecule has 2 aromatic rings.